The van der Waals surface area contributed by atoms with Gasteiger partial charge in [0, 0.05) is 10.5 Å². The second-order valence-corrected chi connectivity index (χ2v) is 5.63. The van der Waals surface area contributed by atoms with Gasteiger partial charge in [-0.15, -0.1) is 0 Å². The molecule has 2 rings (SSSR count). The standard InChI is InChI=1S/C16H16BrF2NO/c1-20-15(11-7-12(17)9-13(18)8-11)6-10-3-4-16(21-2)14(19)5-10/h3-5,7-9,15,20H,6H2,1-2H3. The van der Waals surface area contributed by atoms with Crippen LogP contribution in [0.5, 0.6) is 5.75 Å². The number of methoxy groups -OCH3 is 1. The zero-order valence-corrected chi connectivity index (χ0v) is 13.4. The molecule has 0 amide bonds. The number of halogens is 3. The van der Waals surface area contributed by atoms with Crippen molar-refractivity contribution in [1.29, 1.82) is 0 Å². The lowest BCUT2D eigenvalue weighted by Gasteiger charge is -2.17. The number of hydrogen-bond acceptors (Lipinski definition) is 2. The Labute approximate surface area is 131 Å². The van der Waals surface area contributed by atoms with Crippen molar-refractivity contribution in [2.24, 2.45) is 0 Å². The minimum atomic E-state index is -0.398. The molecule has 0 aliphatic carbocycles. The molecule has 1 N–H and O–H groups in total. The Morgan fingerprint density at radius 1 is 1.19 bits per heavy atom. The Morgan fingerprint density at radius 2 is 1.95 bits per heavy atom. The van der Waals surface area contributed by atoms with Crippen LogP contribution in [0.25, 0.3) is 0 Å². The van der Waals surface area contributed by atoms with E-state index in [1.165, 1.54) is 25.3 Å². The molecule has 0 saturated carbocycles. The summed E-state index contributed by atoms with van der Waals surface area (Å²) in [6, 6.07) is 9.47. The van der Waals surface area contributed by atoms with E-state index in [0.29, 0.717) is 10.9 Å². The minimum Gasteiger partial charge on any atom is -0.494 e. The maximum Gasteiger partial charge on any atom is 0.165 e. The van der Waals surface area contributed by atoms with Crippen LogP contribution < -0.4 is 10.1 Å². The van der Waals surface area contributed by atoms with Crippen LogP contribution in [-0.2, 0) is 6.42 Å². The first-order valence-corrected chi connectivity index (χ1v) is 7.28. The van der Waals surface area contributed by atoms with Gasteiger partial charge >= 0.3 is 0 Å². The molecule has 2 aromatic carbocycles. The molecule has 2 aromatic rings. The number of hydrogen-bond donors (Lipinski definition) is 1. The molecule has 0 bridgehead atoms. The molecule has 0 aliphatic heterocycles. The van der Waals surface area contributed by atoms with Crippen molar-refractivity contribution in [1.82, 2.24) is 5.32 Å². The van der Waals surface area contributed by atoms with Crippen LogP contribution in [0.4, 0.5) is 8.78 Å². The first-order valence-electron chi connectivity index (χ1n) is 6.49. The summed E-state index contributed by atoms with van der Waals surface area (Å²) in [6.45, 7) is 0. The van der Waals surface area contributed by atoms with Crippen LogP contribution >= 0.6 is 15.9 Å². The molecule has 112 valence electrons. The van der Waals surface area contributed by atoms with Crippen LogP contribution in [0.2, 0.25) is 0 Å². The highest BCUT2D eigenvalue weighted by molar-refractivity contribution is 9.10. The third-order valence-electron chi connectivity index (χ3n) is 3.29. The molecule has 2 nitrogen and oxygen atoms in total. The first-order chi connectivity index (χ1) is 10.0. The number of benzene rings is 2. The van der Waals surface area contributed by atoms with Crippen molar-refractivity contribution in [2.45, 2.75) is 12.5 Å². The fourth-order valence-corrected chi connectivity index (χ4v) is 2.72. The third-order valence-corrected chi connectivity index (χ3v) is 3.75. The van der Waals surface area contributed by atoms with Crippen LogP contribution in [0.1, 0.15) is 17.2 Å². The topological polar surface area (TPSA) is 21.3 Å². The summed E-state index contributed by atoms with van der Waals surface area (Å²) in [5, 5.41) is 3.13. The Bertz CT molecular complexity index is 613. The van der Waals surface area contributed by atoms with Crippen molar-refractivity contribution in [3.63, 3.8) is 0 Å². The SMILES string of the molecule is CNC(Cc1ccc(OC)c(F)c1)c1cc(F)cc(Br)c1. The molecule has 21 heavy (non-hydrogen) atoms. The van der Waals surface area contributed by atoms with E-state index in [4.69, 9.17) is 4.74 Å². The van der Waals surface area contributed by atoms with Gasteiger partial charge in [0.2, 0.25) is 0 Å². The van der Waals surface area contributed by atoms with Crippen LogP contribution in [-0.4, -0.2) is 14.2 Å². The van der Waals surface area contributed by atoms with Crippen molar-refractivity contribution in [2.75, 3.05) is 14.2 Å². The normalized spacial score (nSPS) is 12.2. The lowest BCUT2D eigenvalue weighted by atomic mass is 9.99. The Balaban J connectivity index is 2.24. The summed E-state index contributed by atoms with van der Waals surface area (Å²) < 4.78 is 32.8. The van der Waals surface area contributed by atoms with E-state index in [1.54, 1.807) is 19.2 Å². The van der Waals surface area contributed by atoms with Gasteiger partial charge in [0.25, 0.3) is 0 Å². The molecule has 0 fully saturated rings. The maximum absolute atomic E-state index is 13.7. The van der Waals surface area contributed by atoms with Gasteiger partial charge in [-0.2, -0.15) is 0 Å². The van der Waals surface area contributed by atoms with Crippen molar-refractivity contribution >= 4 is 15.9 Å². The van der Waals surface area contributed by atoms with Gasteiger partial charge < -0.3 is 10.1 Å². The molecule has 1 atom stereocenters. The number of ether oxygens (including phenoxy) is 1. The molecule has 5 heteroatoms. The lowest BCUT2D eigenvalue weighted by molar-refractivity contribution is 0.386. The Kier molecular flexibility index (Phi) is 5.31. The van der Waals surface area contributed by atoms with E-state index in [0.717, 1.165) is 11.1 Å². The second-order valence-electron chi connectivity index (χ2n) is 4.72. The second kappa shape index (κ2) is 7.00. The zero-order chi connectivity index (χ0) is 15.4. The Hall–Kier alpha value is -1.46. The molecule has 0 aromatic heterocycles. The van der Waals surface area contributed by atoms with Gasteiger partial charge in [-0.25, -0.2) is 8.78 Å². The minimum absolute atomic E-state index is 0.107. The number of rotatable bonds is 5. The van der Waals surface area contributed by atoms with Gasteiger partial charge in [-0.3, -0.25) is 0 Å². The monoisotopic (exact) mass is 355 g/mol. The predicted octanol–water partition coefficient (Wildman–Crippen LogP) is 4.24. The molecule has 1 unspecified atom stereocenters. The summed E-state index contributed by atoms with van der Waals surface area (Å²) >= 11 is 3.28. The maximum atomic E-state index is 13.7. The molecule has 0 saturated heterocycles. The summed E-state index contributed by atoms with van der Waals surface area (Å²) in [6.07, 6.45) is 0.549. The fraction of sp³-hybridized carbons (Fsp3) is 0.250. The summed E-state index contributed by atoms with van der Waals surface area (Å²) in [4.78, 5) is 0. The summed E-state index contributed by atoms with van der Waals surface area (Å²) in [5.41, 5.74) is 1.62. The lowest BCUT2D eigenvalue weighted by Crippen LogP contribution is -2.19. The van der Waals surface area contributed by atoms with E-state index < -0.39 is 5.82 Å². The summed E-state index contributed by atoms with van der Waals surface area (Å²) in [5.74, 6) is -0.487. The fourth-order valence-electron chi connectivity index (χ4n) is 2.24. The zero-order valence-electron chi connectivity index (χ0n) is 11.8. The number of nitrogens with one attached hydrogen (secondary N) is 1. The highest BCUT2D eigenvalue weighted by Crippen LogP contribution is 2.25. The van der Waals surface area contributed by atoms with E-state index in [-0.39, 0.29) is 17.6 Å². The first kappa shape index (κ1) is 15.9. The smallest absolute Gasteiger partial charge is 0.165 e. The Morgan fingerprint density at radius 3 is 2.52 bits per heavy atom. The van der Waals surface area contributed by atoms with Gasteiger partial charge in [0.05, 0.1) is 7.11 Å². The van der Waals surface area contributed by atoms with Gasteiger partial charge in [0.15, 0.2) is 11.6 Å². The quantitative estimate of drug-likeness (QED) is 0.865. The van der Waals surface area contributed by atoms with Gasteiger partial charge in [-0.05, 0) is 54.9 Å². The molecular formula is C16H16BrF2NO. The van der Waals surface area contributed by atoms with Gasteiger partial charge in [-0.1, -0.05) is 22.0 Å². The van der Waals surface area contributed by atoms with Crippen LogP contribution in [0, 0.1) is 11.6 Å². The molecule has 0 spiro atoms. The molecular weight excluding hydrogens is 340 g/mol. The van der Waals surface area contributed by atoms with E-state index in [2.05, 4.69) is 21.2 Å². The number of likely N-dealkylation sites (N-methyl/N-ethyl adjacent to an activating group) is 1. The van der Waals surface area contributed by atoms with E-state index in [9.17, 15) is 8.78 Å². The molecule has 0 heterocycles. The van der Waals surface area contributed by atoms with E-state index >= 15 is 0 Å². The van der Waals surface area contributed by atoms with Crippen molar-refractivity contribution < 1.29 is 13.5 Å². The van der Waals surface area contributed by atoms with E-state index in [1.807, 2.05) is 6.07 Å². The third kappa shape index (κ3) is 4.02. The highest BCUT2D eigenvalue weighted by Gasteiger charge is 2.13. The van der Waals surface area contributed by atoms with Gasteiger partial charge in [0.1, 0.15) is 5.82 Å². The largest absolute Gasteiger partial charge is 0.494 e. The summed E-state index contributed by atoms with van der Waals surface area (Å²) in [7, 11) is 3.22. The molecule has 0 radical (unpaired) electrons. The van der Waals surface area contributed by atoms with Crippen LogP contribution in [0.15, 0.2) is 40.9 Å². The van der Waals surface area contributed by atoms with Crippen molar-refractivity contribution in [3.8, 4) is 5.75 Å². The highest BCUT2D eigenvalue weighted by atomic mass is 79.9. The average molecular weight is 356 g/mol. The molecule has 0 aliphatic rings. The van der Waals surface area contributed by atoms with Crippen molar-refractivity contribution in [3.05, 3.63) is 63.6 Å². The van der Waals surface area contributed by atoms with Crippen LogP contribution in [0.3, 0.4) is 0 Å². The predicted molar refractivity (Wildman–Crippen MR) is 82.6 cm³/mol. The average Bonchev–Trinajstić information content (AvgIpc) is 2.43.